The Morgan fingerprint density at radius 2 is 1.41 bits per heavy atom. The summed E-state index contributed by atoms with van der Waals surface area (Å²) in [5, 5.41) is 0. The van der Waals surface area contributed by atoms with Crippen LogP contribution in [0.15, 0.2) is 30.3 Å². The van der Waals surface area contributed by atoms with Crippen LogP contribution in [0.1, 0.15) is 11.1 Å². The molecular formula is C18H19O4. The van der Waals surface area contributed by atoms with E-state index in [0.29, 0.717) is 23.0 Å². The van der Waals surface area contributed by atoms with Crippen LogP contribution in [0.5, 0.6) is 23.0 Å². The molecule has 0 unspecified atom stereocenters. The van der Waals surface area contributed by atoms with E-state index in [4.69, 9.17) is 18.9 Å². The molecule has 0 spiro atoms. The van der Waals surface area contributed by atoms with E-state index in [-0.39, 0.29) is 0 Å². The summed E-state index contributed by atoms with van der Waals surface area (Å²) in [4.78, 5) is 0. The molecule has 0 aliphatic heterocycles. The van der Waals surface area contributed by atoms with Crippen molar-refractivity contribution in [3.8, 4) is 23.0 Å². The lowest BCUT2D eigenvalue weighted by molar-refractivity contribution is 0.324. The monoisotopic (exact) mass is 299 g/mol. The molecule has 0 saturated heterocycles. The number of hydrogen-bond acceptors (Lipinski definition) is 4. The molecule has 115 valence electrons. The molecule has 0 heterocycles. The van der Waals surface area contributed by atoms with Crippen LogP contribution >= 0.6 is 0 Å². The smallest absolute Gasteiger partial charge is 0.203 e. The summed E-state index contributed by atoms with van der Waals surface area (Å²) in [6.45, 7) is 0. The maximum Gasteiger partial charge on any atom is 0.203 e. The summed E-state index contributed by atoms with van der Waals surface area (Å²) in [5.41, 5.74) is 1.97. The summed E-state index contributed by atoms with van der Waals surface area (Å²) >= 11 is 0. The largest absolute Gasteiger partial charge is 0.496 e. The Hall–Kier alpha value is -2.62. The van der Waals surface area contributed by atoms with Crippen molar-refractivity contribution in [2.75, 3.05) is 28.4 Å². The van der Waals surface area contributed by atoms with Gasteiger partial charge in [-0.25, -0.2) is 0 Å². The van der Waals surface area contributed by atoms with E-state index in [1.54, 1.807) is 28.4 Å². The van der Waals surface area contributed by atoms with Crippen LogP contribution in [0, 0.1) is 6.07 Å². The van der Waals surface area contributed by atoms with Gasteiger partial charge in [0.25, 0.3) is 0 Å². The fourth-order valence-electron chi connectivity index (χ4n) is 2.04. The third kappa shape index (κ3) is 3.52. The van der Waals surface area contributed by atoms with Crippen LogP contribution in [0.4, 0.5) is 0 Å². The summed E-state index contributed by atoms with van der Waals surface area (Å²) in [5.74, 6) is 2.55. The molecule has 4 heteroatoms. The van der Waals surface area contributed by atoms with Crippen molar-refractivity contribution >= 4 is 12.2 Å². The van der Waals surface area contributed by atoms with E-state index in [9.17, 15) is 0 Å². The quantitative estimate of drug-likeness (QED) is 0.762. The van der Waals surface area contributed by atoms with Gasteiger partial charge in [-0.3, -0.25) is 0 Å². The fraction of sp³-hybridized carbons (Fsp3) is 0.222. The van der Waals surface area contributed by atoms with Crippen molar-refractivity contribution in [2.45, 2.75) is 0 Å². The minimum Gasteiger partial charge on any atom is -0.496 e. The first-order valence-corrected chi connectivity index (χ1v) is 6.75. The third-order valence-electron chi connectivity index (χ3n) is 3.18. The molecule has 0 fully saturated rings. The van der Waals surface area contributed by atoms with Crippen molar-refractivity contribution in [2.24, 2.45) is 0 Å². The van der Waals surface area contributed by atoms with Crippen molar-refractivity contribution < 1.29 is 18.9 Å². The minimum atomic E-state index is 0.583. The molecule has 4 nitrogen and oxygen atoms in total. The van der Waals surface area contributed by atoms with Gasteiger partial charge in [-0.2, -0.15) is 0 Å². The first-order valence-electron chi connectivity index (χ1n) is 6.75. The molecule has 2 aromatic carbocycles. The fourth-order valence-corrected chi connectivity index (χ4v) is 2.04. The van der Waals surface area contributed by atoms with Crippen molar-refractivity contribution in [3.05, 3.63) is 47.5 Å². The van der Waals surface area contributed by atoms with Crippen molar-refractivity contribution in [1.82, 2.24) is 0 Å². The number of ether oxygens (including phenoxy) is 4. The van der Waals surface area contributed by atoms with Gasteiger partial charge in [0.15, 0.2) is 11.5 Å². The Balaban J connectivity index is 2.29. The van der Waals surface area contributed by atoms with Gasteiger partial charge in [-0.15, -0.1) is 0 Å². The van der Waals surface area contributed by atoms with Crippen LogP contribution in [0.2, 0.25) is 0 Å². The lowest BCUT2D eigenvalue weighted by Gasteiger charge is -2.12. The average Bonchev–Trinajstić information content (AvgIpc) is 2.59. The molecule has 22 heavy (non-hydrogen) atoms. The predicted molar refractivity (Wildman–Crippen MR) is 86.9 cm³/mol. The highest BCUT2D eigenvalue weighted by Crippen LogP contribution is 2.38. The highest BCUT2D eigenvalue weighted by molar-refractivity contribution is 5.72. The second kappa shape index (κ2) is 7.41. The number of hydrogen-bond donors (Lipinski definition) is 0. The van der Waals surface area contributed by atoms with Gasteiger partial charge < -0.3 is 18.9 Å². The van der Waals surface area contributed by atoms with Gasteiger partial charge in [-0.1, -0.05) is 18.2 Å². The van der Waals surface area contributed by atoms with E-state index >= 15 is 0 Å². The van der Waals surface area contributed by atoms with Gasteiger partial charge in [0.1, 0.15) is 5.75 Å². The second-order valence-electron chi connectivity index (χ2n) is 4.48. The van der Waals surface area contributed by atoms with Gasteiger partial charge in [0.2, 0.25) is 5.75 Å². The summed E-state index contributed by atoms with van der Waals surface area (Å²) < 4.78 is 21.1. The van der Waals surface area contributed by atoms with Crippen LogP contribution < -0.4 is 18.9 Å². The Bertz CT molecular complexity index is 620. The van der Waals surface area contributed by atoms with E-state index < -0.39 is 0 Å². The second-order valence-corrected chi connectivity index (χ2v) is 4.48. The molecule has 2 rings (SSSR count). The van der Waals surface area contributed by atoms with Gasteiger partial charge in [0, 0.05) is 6.07 Å². The van der Waals surface area contributed by atoms with Gasteiger partial charge >= 0.3 is 0 Å². The van der Waals surface area contributed by atoms with Crippen LogP contribution in [-0.4, -0.2) is 28.4 Å². The SMILES string of the molecule is COc1[c]cc(/C=C\c2cc(OC)c(OC)c(OC)c2)cc1. The predicted octanol–water partition coefficient (Wildman–Crippen LogP) is 3.69. The van der Waals surface area contributed by atoms with Gasteiger partial charge in [-0.05, 0) is 35.4 Å². The average molecular weight is 299 g/mol. The zero-order valence-corrected chi connectivity index (χ0v) is 13.2. The van der Waals surface area contributed by atoms with Crippen molar-refractivity contribution in [1.29, 1.82) is 0 Å². The van der Waals surface area contributed by atoms with E-state index in [2.05, 4.69) is 6.07 Å². The summed E-state index contributed by atoms with van der Waals surface area (Å²) in [7, 11) is 6.41. The van der Waals surface area contributed by atoms with Crippen LogP contribution in [-0.2, 0) is 0 Å². The molecule has 2 aromatic rings. The normalized spacial score (nSPS) is 10.5. The highest BCUT2D eigenvalue weighted by atomic mass is 16.5. The zero-order chi connectivity index (χ0) is 15.9. The topological polar surface area (TPSA) is 36.9 Å². The van der Waals surface area contributed by atoms with E-state index in [0.717, 1.165) is 11.1 Å². The molecule has 0 atom stereocenters. The molecule has 0 amide bonds. The van der Waals surface area contributed by atoms with Crippen LogP contribution in [0.3, 0.4) is 0 Å². The molecule has 0 saturated carbocycles. The number of benzene rings is 2. The Morgan fingerprint density at radius 1 is 0.773 bits per heavy atom. The van der Waals surface area contributed by atoms with Crippen molar-refractivity contribution in [3.63, 3.8) is 0 Å². The lowest BCUT2D eigenvalue weighted by atomic mass is 10.1. The number of methoxy groups -OCH3 is 4. The minimum absolute atomic E-state index is 0.583. The maximum absolute atomic E-state index is 5.34. The molecule has 0 aliphatic carbocycles. The lowest BCUT2D eigenvalue weighted by Crippen LogP contribution is -1.95. The summed E-state index contributed by atoms with van der Waals surface area (Å²) in [6.07, 6.45) is 3.96. The molecule has 0 aromatic heterocycles. The molecule has 0 N–H and O–H groups in total. The third-order valence-corrected chi connectivity index (χ3v) is 3.18. The molecule has 1 radical (unpaired) electrons. The summed E-state index contributed by atoms with van der Waals surface area (Å²) in [6, 6.07) is 12.5. The van der Waals surface area contributed by atoms with Gasteiger partial charge in [0.05, 0.1) is 28.4 Å². The van der Waals surface area contributed by atoms with Crippen LogP contribution in [0.25, 0.3) is 12.2 Å². The first-order chi connectivity index (χ1) is 10.7. The maximum atomic E-state index is 5.34. The number of rotatable bonds is 6. The first kappa shape index (κ1) is 15.8. The Morgan fingerprint density at radius 3 is 1.86 bits per heavy atom. The Kier molecular flexibility index (Phi) is 5.31. The molecular weight excluding hydrogens is 280 g/mol. The molecule has 0 bridgehead atoms. The van der Waals surface area contributed by atoms with E-state index in [1.165, 1.54) is 0 Å². The molecule has 0 aliphatic rings. The highest BCUT2D eigenvalue weighted by Gasteiger charge is 2.11. The standard InChI is InChI=1S/C18H19O4/c1-19-15-9-7-13(8-10-15)5-6-14-11-16(20-2)18(22-4)17(12-14)21-3/h5-9,11-12H,1-4H3/b6-5-. The van der Waals surface area contributed by atoms with E-state index in [1.807, 2.05) is 42.5 Å². The zero-order valence-electron chi connectivity index (χ0n) is 13.2. The Labute approximate surface area is 130 Å².